The number of ketones is 2. The van der Waals surface area contributed by atoms with Gasteiger partial charge in [0.1, 0.15) is 22.3 Å². The van der Waals surface area contributed by atoms with E-state index in [4.69, 9.17) is 13.9 Å². The Morgan fingerprint density at radius 3 is 2.35 bits per heavy atom. The molecule has 1 aromatic heterocycles. The lowest BCUT2D eigenvalue weighted by atomic mass is 9.65. The van der Waals surface area contributed by atoms with E-state index in [0.717, 1.165) is 0 Å². The highest BCUT2D eigenvalue weighted by Gasteiger charge is 2.78. The second-order valence-corrected chi connectivity index (χ2v) is 8.78. The Balaban J connectivity index is 1.68. The van der Waals surface area contributed by atoms with Crippen molar-refractivity contribution >= 4 is 34.5 Å². The Kier molecular flexibility index (Phi) is 4.46. The highest BCUT2D eigenvalue weighted by atomic mass is 16.5. The fourth-order valence-electron chi connectivity index (χ4n) is 4.92. The van der Waals surface area contributed by atoms with E-state index in [1.54, 1.807) is 27.7 Å². The first-order chi connectivity index (χ1) is 14.5. The van der Waals surface area contributed by atoms with Crippen LogP contribution in [0.25, 0.3) is 11.0 Å². The molecular weight excluding hydrogens is 404 g/mol. The third kappa shape index (κ3) is 2.57. The van der Waals surface area contributed by atoms with Crippen molar-refractivity contribution in [2.24, 2.45) is 16.2 Å². The summed E-state index contributed by atoms with van der Waals surface area (Å²) in [6.07, 6.45) is 0.675. The molecule has 0 aliphatic heterocycles. The minimum atomic E-state index is -1.54. The van der Waals surface area contributed by atoms with Gasteiger partial charge in [0.15, 0.2) is 0 Å². The minimum Gasteiger partial charge on any atom is -0.462 e. The SMILES string of the molecule is CCOC(=O)c1cc2ccc(OC(=O)C34CCC(C)(C(=O)C3=O)C4(C)C)cc2oc1=O. The minimum absolute atomic E-state index is 0.0652. The summed E-state index contributed by atoms with van der Waals surface area (Å²) in [5, 5.41) is 0.432. The summed E-state index contributed by atoms with van der Waals surface area (Å²) >= 11 is 0. The van der Waals surface area contributed by atoms with E-state index in [2.05, 4.69) is 0 Å². The summed E-state index contributed by atoms with van der Waals surface area (Å²) in [4.78, 5) is 62.6. The van der Waals surface area contributed by atoms with Gasteiger partial charge < -0.3 is 13.9 Å². The molecule has 1 heterocycles. The number of hydrogen-bond donors (Lipinski definition) is 0. The van der Waals surface area contributed by atoms with Crippen LogP contribution in [0.1, 0.15) is 50.9 Å². The molecule has 0 radical (unpaired) electrons. The molecule has 2 aliphatic carbocycles. The van der Waals surface area contributed by atoms with Crippen LogP contribution in [-0.2, 0) is 19.1 Å². The van der Waals surface area contributed by atoms with Crippen molar-refractivity contribution in [3.63, 3.8) is 0 Å². The summed E-state index contributed by atoms with van der Waals surface area (Å²) in [7, 11) is 0. The van der Waals surface area contributed by atoms with Gasteiger partial charge >= 0.3 is 17.6 Å². The Hall–Kier alpha value is -3.29. The first kappa shape index (κ1) is 21.0. The van der Waals surface area contributed by atoms with Crippen LogP contribution in [0, 0.1) is 16.2 Å². The van der Waals surface area contributed by atoms with Crippen LogP contribution < -0.4 is 10.4 Å². The summed E-state index contributed by atoms with van der Waals surface area (Å²) in [5.41, 5.74) is -4.34. The van der Waals surface area contributed by atoms with Gasteiger partial charge in [-0.05, 0) is 38.0 Å². The molecule has 4 rings (SSSR count). The first-order valence-electron chi connectivity index (χ1n) is 10.1. The van der Waals surface area contributed by atoms with E-state index in [9.17, 15) is 24.0 Å². The van der Waals surface area contributed by atoms with Crippen LogP contribution in [-0.4, -0.2) is 30.1 Å². The number of fused-ring (bicyclic) bond motifs is 3. The number of carbonyl (C=O) groups is 4. The quantitative estimate of drug-likeness (QED) is 0.241. The molecule has 31 heavy (non-hydrogen) atoms. The maximum atomic E-state index is 13.2. The van der Waals surface area contributed by atoms with E-state index in [1.807, 2.05) is 0 Å². The normalized spacial score (nSPS) is 26.3. The van der Waals surface area contributed by atoms with Crippen LogP contribution in [0.15, 0.2) is 33.5 Å². The summed E-state index contributed by atoms with van der Waals surface area (Å²) in [6, 6.07) is 5.66. The van der Waals surface area contributed by atoms with Crippen molar-refractivity contribution in [2.75, 3.05) is 6.61 Å². The highest BCUT2D eigenvalue weighted by Crippen LogP contribution is 2.69. The number of ether oxygens (including phenoxy) is 2. The molecule has 8 heteroatoms. The molecule has 2 aliphatic rings. The second-order valence-electron chi connectivity index (χ2n) is 8.78. The third-order valence-corrected chi connectivity index (χ3v) is 7.30. The van der Waals surface area contributed by atoms with Crippen LogP contribution in [0.5, 0.6) is 5.75 Å². The van der Waals surface area contributed by atoms with E-state index in [0.29, 0.717) is 11.8 Å². The van der Waals surface area contributed by atoms with Gasteiger partial charge in [0.05, 0.1) is 6.61 Å². The molecule has 2 saturated carbocycles. The van der Waals surface area contributed by atoms with Crippen molar-refractivity contribution in [2.45, 2.75) is 40.5 Å². The van der Waals surface area contributed by atoms with Gasteiger partial charge in [0.2, 0.25) is 11.6 Å². The van der Waals surface area contributed by atoms with Gasteiger partial charge in [0, 0.05) is 22.3 Å². The van der Waals surface area contributed by atoms with Gasteiger partial charge in [0.25, 0.3) is 0 Å². The Labute approximate surface area is 177 Å². The molecule has 2 atom stereocenters. The maximum absolute atomic E-state index is 13.2. The van der Waals surface area contributed by atoms with Gasteiger partial charge in [-0.25, -0.2) is 9.59 Å². The van der Waals surface area contributed by atoms with Gasteiger partial charge in [-0.3, -0.25) is 14.4 Å². The van der Waals surface area contributed by atoms with E-state index < -0.39 is 45.4 Å². The number of benzene rings is 1. The molecule has 1 aromatic carbocycles. The molecule has 8 nitrogen and oxygen atoms in total. The molecular formula is C23H22O8. The average molecular weight is 426 g/mol. The van der Waals surface area contributed by atoms with Crippen molar-refractivity contribution in [1.29, 1.82) is 0 Å². The number of rotatable bonds is 4. The summed E-state index contributed by atoms with van der Waals surface area (Å²) in [5.74, 6) is -2.75. The topological polar surface area (TPSA) is 117 Å². The molecule has 2 bridgehead atoms. The van der Waals surface area contributed by atoms with Crippen molar-refractivity contribution in [1.82, 2.24) is 0 Å². The predicted molar refractivity (Wildman–Crippen MR) is 108 cm³/mol. The van der Waals surface area contributed by atoms with Crippen LogP contribution in [0.2, 0.25) is 0 Å². The lowest BCUT2D eigenvalue weighted by Crippen LogP contribution is -2.47. The van der Waals surface area contributed by atoms with Gasteiger partial charge in [-0.15, -0.1) is 0 Å². The van der Waals surface area contributed by atoms with Gasteiger partial charge in [-0.2, -0.15) is 0 Å². The van der Waals surface area contributed by atoms with Crippen LogP contribution in [0.3, 0.4) is 0 Å². The zero-order valence-corrected chi connectivity index (χ0v) is 17.7. The fraction of sp³-hybridized carbons (Fsp3) is 0.435. The Morgan fingerprint density at radius 1 is 1.03 bits per heavy atom. The van der Waals surface area contributed by atoms with E-state index in [1.165, 1.54) is 24.3 Å². The summed E-state index contributed by atoms with van der Waals surface area (Å²) in [6.45, 7) is 6.96. The lowest BCUT2D eigenvalue weighted by Gasteiger charge is -2.36. The molecule has 0 amide bonds. The van der Waals surface area contributed by atoms with Crippen molar-refractivity contribution in [3.05, 3.63) is 40.2 Å². The fourth-order valence-corrected chi connectivity index (χ4v) is 4.92. The largest absolute Gasteiger partial charge is 0.462 e. The highest BCUT2D eigenvalue weighted by molar-refractivity contribution is 6.48. The molecule has 2 fully saturated rings. The van der Waals surface area contributed by atoms with E-state index >= 15 is 0 Å². The number of carbonyl (C=O) groups excluding carboxylic acids is 4. The molecule has 2 unspecified atom stereocenters. The first-order valence-corrected chi connectivity index (χ1v) is 10.1. The van der Waals surface area contributed by atoms with Crippen molar-refractivity contribution < 1.29 is 33.1 Å². The standard InChI is InChI=1S/C23H22O8/c1-5-29-18(26)14-10-12-6-7-13(11-15(12)31-19(14)27)30-20(28)23-9-8-22(4,21(23,2)3)16(24)17(23)25/h6-7,10-11H,5,8-9H2,1-4H3. The van der Waals surface area contributed by atoms with Crippen LogP contribution >= 0.6 is 0 Å². The molecule has 0 spiro atoms. The number of Topliss-reactive ketones (excluding diaryl/α,β-unsaturated/α-hetero) is 2. The van der Waals surface area contributed by atoms with Gasteiger partial charge in [-0.1, -0.05) is 20.8 Å². The van der Waals surface area contributed by atoms with Crippen molar-refractivity contribution in [3.8, 4) is 5.75 Å². The predicted octanol–water partition coefficient (Wildman–Crippen LogP) is 2.84. The number of esters is 2. The molecule has 0 saturated heterocycles. The Morgan fingerprint density at radius 2 is 1.74 bits per heavy atom. The monoisotopic (exact) mass is 426 g/mol. The zero-order valence-electron chi connectivity index (χ0n) is 17.7. The van der Waals surface area contributed by atoms with E-state index in [-0.39, 0.29) is 29.9 Å². The molecule has 162 valence electrons. The zero-order chi connectivity index (χ0) is 22.8. The van der Waals surface area contributed by atoms with Crippen LogP contribution in [0.4, 0.5) is 0 Å². The maximum Gasteiger partial charge on any atom is 0.351 e. The molecule has 2 aromatic rings. The lowest BCUT2D eigenvalue weighted by molar-refractivity contribution is -0.157. The third-order valence-electron chi connectivity index (χ3n) is 7.30. The number of hydrogen-bond acceptors (Lipinski definition) is 8. The average Bonchev–Trinajstić information content (AvgIpc) is 2.99. The molecule has 0 N–H and O–H groups in total. The second kappa shape index (κ2) is 6.60. The summed E-state index contributed by atoms with van der Waals surface area (Å²) < 4.78 is 15.5. The smallest absolute Gasteiger partial charge is 0.351 e. The Bertz CT molecular complexity index is 1220.